The predicted octanol–water partition coefficient (Wildman–Crippen LogP) is 2.39. The molecule has 0 aliphatic carbocycles. The third-order valence-corrected chi connectivity index (χ3v) is 3.45. The summed E-state index contributed by atoms with van der Waals surface area (Å²) in [6.45, 7) is 0. The lowest BCUT2D eigenvalue weighted by Crippen LogP contribution is -2.02. The van der Waals surface area contributed by atoms with Crippen molar-refractivity contribution in [1.29, 1.82) is 0 Å². The number of rotatable bonds is 0. The molecule has 3 heteroatoms. The quantitative estimate of drug-likeness (QED) is 0.434. The van der Waals surface area contributed by atoms with Crippen molar-refractivity contribution in [2.45, 2.75) is 0 Å². The standard InChI is InChI=1S/C15H10BNO/c16-12-7-9-8-17-6-5-10(9)14-11-3-1-2-4-13(11)18-15(12)14/h1-8H,16H2. The predicted molar refractivity (Wildman–Crippen MR) is 77.2 cm³/mol. The van der Waals surface area contributed by atoms with Gasteiger partial charge in [0.25, 0.3) is 0 Å². The van der Waals surface area contributed by atoms with Gasteiger partial charge in [0.1, 0.15) is 19.0 Å². The van der Waals surface area contributed by atoms with Crippen LogP contribution < -0.4 is 5.46 Å². The first-order chi connectivity index (χ1) is 8.84. The van der Waals surface area contributed by atoms with Gasteiger partial charge in [-0.1, -0.05) is 24.3 Å². The van der Waals surface area contributed by atoms with Gasteiger partial charge in [0.05, 0.1) is 0 Å². The third kappa shape index (κ3) is 1.16. The maximum absolute atomic E-state index is 5.97. The van der Waals surface area contributed by atoms with Crippen LogP contribution in [0.15, 0.2) is 53.2 Å². The van der Waals surface area contributed by atoms with Gasteiger partial charge in [0.2, 0.25) is 0 Å². The van der Waals surface area contributed by atoms with Crippen molar-refractivity contribution < 1.29 is 4.42 Å². The molecular formula is C15H10BNO. The Morgan fingerprint density at radius 2 is 1.94 bits per heavy atom. The molecule has 4 rings (SSSR count). The monoisotopic (exact) mass is 231 g/mol. The van der Waals surface area contributed by atoms with Crippen LogP contribution in [0.4, 0.5) is 0 Å². The van der Waals surface area contributed by atoms with E-state index in [1.54, 1.807) is 0 Å². The van der Waals surface area contributed by atoms with Gasteiger partial charge in [0, 0.05) is 28.6 Å². The molecular weight excluding hydrogens is 221 g/mol. The van der Waals surface area contributed by atoms with Crippen LogP contribution in [-0.4, -0.2) is 12.8 Å². The van der Waals surface area contributed by atoms with Crippen molar-refractivity contribution in [2.75, 3.05) is 0 Å². The number of aromatic nitrogens is 1. The van der Waals surface area contributed by atoms with Crippen LogP contribution in [0.3, 0.4) is 0 Å². The molecule has 0 fully saturated rings. The Balaban J connectivity index is 2.41. The van der Waals surface area contributed by atoms with E-state index in [9.17, 15) is 0 Å². The molecule has 84 valence electrons. The molecule has 0 saturated carbocycles. The van der Waals surface area contributed by atoms with Gasteiger partial charge < -0.3 is 4.42 Å². The van der Waals surface area contributed by atoms with E-state index in [-0.39, 0.29) is 0 Å². The van der Waals surface area contributed by atoms with Crippen molar-refractivity contribution in [3.63, 3.8) is 0 Å². The van der Waals surface area contributed by atoms with E-state index in [4.69, 9.17) is 4.42 Å². The summed E-state index contributed by atoms with van der Waals surface area (Å²) < 4.78 is 5.97. The number of nitrogens with zero attached hydrogens (tertiary/aromatic N) is 1. The normalized spacial score (nSPS) is 11.6. The summed E-state index contributed by atoms with van der Waals surface area (Å²) in [5.74, 6) is 0. The zero-order valence-electron chi connectivity index (χ0n) is 9.97. The van der Waals surface area contributed by atoms with E-state index in [0.29, 0.717) is 0 Å². The second kappa shape index (κ2) is 3.36. The molecule has 0 radical (unpaired) electrons. The molecule has 0 saturated heterocycles. The molecule has 0 amide bonds. The molecule has 0 aliphatic rings. The first-order valence-corrected chi connectivity index (χ1v) is 5.99. The smallest absolute Gasteiger partial charge is 0.144 e. The highest BCUT2D eigenvalue weighted by Gasteiger charge is 2.11. The summed E-state index contributed by atoms with van der Waals surface area (Å²) in [5, 5.41) is 4.74. The summed E-state index contributed by atoms with van der Waals surface area (Å²) in [7, 11) is 2.08. The Labute approximate surface area is 105 Å². The zero-order valence-corrected chi connectivity index (χ0v) is 9.97. The maximum atomic E-state index is 5.97. The molecule has 2 aromatic heterocycles. The van der Waals surface area contributed by atoms with Crippen molar-refractivity contribution >= 4 is 46.0 Å². The lowest BCUT2D eigenvalue weighted by molar-refractivity contribution is 0.672. The molecule has 2 nitrogen and oxygen atoms in total. The van der Waals surface area contributed by atoms with Crippen LogP contribution in [0.5, 0.6) is 0 Å². The topological polar surface area (TPSA) is 26.0 Å². The minimum absolute atomic E-state index is 0.944. The summed E-state index contributed by atoms with van der Waals surface area (Å²) in [6.07, 6.45) is 3.74. The van der Waals surface area contributed by atoms with Gasteiger partial charge in [-0.2, -0.15) is 0 Å². The summed E-state index contributed by atoms with van der Waals surface area (Å²) in [4.78, 5) is 4.19. The first-order valence-electron chi connectivity index (χ1n) is 5.99. The number of furan rings is 1. The van der Waals surface area contributed by atoms with Gasteiger partial charge in [-0.05, 0) is 23.0 Å². The van der Waals surface area contributed by atoms with Crippen LogP contribution in [-0.2, 0) is 0 Å². The number of para-hydroxylation sites is 1. The summed E-state index contributed by atoms with van der Waals surface area (Å²) in [6, 6.07) is 12.4. The fourth-order valence-electron chi connectivity index (χ4n) is 2.64. The number of benzene rings is 2. The highest BCUT2D eigenvalue weighted by molar-refractivity contribution is 6.41. The molecule has 0 aliphatic heterocycles. The Bertz CT molecular complexity index is 895. The Kier molecular flexibility index (Phi) is 1.81. The molecule has 4 aromatic rings. The Morgan fingerprint density at radius 1 is 1.06 bits per heavy atom. The van der Waals surface area contributed by atoms with Crippen LogP contribution in [0.25, 0.3) is 32.7 Å². The fourth-order valence-corrected chi connectivity index (χ4v) is 2.64. The highest BCUT2D eigenvalue weighted by atomic mass is 16.3. The molecule has 0 atom stereocenters. The van der Waals surface area contributed by atoms with Gasteiger partial charge in [-0.25, -0.2) is 0 Å². The molecule has 0 spiro atoms. The minimum Gasteiger partial charge on any atom is -0.457 e. The zero-order chi connectivity index (χ0) is 12.1. The summed E-state index contributed by atoms with van der Waals surface area (Å²) in [5.41, 5.74) is 3.08. The minimum atomic E-state index is 0.944. The summed E-state index contributed by atoms with van der Waals surface area (Å²) >= 11 is 0. The number of pyridine rings is 1. The van der Waals surface area contributed by atoms with Crippen LogP contribution in [0.2, 0.25) is 0 Å². The van der Waals surface area contributed by atoms with E-state index in [2.05, 4.69) is 31.0 Å². The average Bonchev–Trinajstić information content (AvgIpc) is 2.79. The number of fused-ring (bicyclic) bond motifs is 5. The SMILES string of the molecule is Bc1cc2cnccc2c2c1oc1ccccc12. The van der Waals surface area contributed by atoms with Gasteiger partial charge in [0.15, 0.2) is 0 Å². The molecule has 2 aromatic carbocycles. The second-order valence-electron chi connectivity index (χ2n) is 4.59. The largest absolute Gasteiger partial charge is 0.457 e. The highest BCUT2D eigenvalue weighted by Crippen LogP contribution is 2.32. The van der Waals surface area contributed by atoms with Crippen molar-refractivity contribution in [3.8, 4) is 0 Å². The lowest BCUT2D eigenvalue weighted by atomic mass is 9.91. The van der Waals surface area contributed by atoms with Crippen molar-refractivity contribution in [3.05, 3.63) is 48.8 Å². The van der Waals surface area contributed by atoms with Gasteiger partial charge in [-0.15, -0.1) is 0 Å². The van der Waals surface area contributed by atoms with E-state index in [1.807, 2.05) is 30.6 Å². The average molecular weight is 231 g/mol. The van der Waals surface area contributed by atoms with Gasteiger partial charge >= 0.3 is 0 Å². The van der Waals surface area contributed by atoms with Gasteiger partial charge in [-0.3, -0.25) is 4.98 Å². The maximum Gasteiger partial charge on any atom is 0.144 e. The third-order valence-electron chi connectivity index (χ3n) is 3.45. The molecule has 0 unspecified atom stereocenters. The van der Waals surface area contributed by atoms with E-state index >= 15 is 0 Å². The molecule has 18 heavy (non-hydrogen) atoms. The van der Waals surface area contributed by atoms with E-state index in [1.165, 1.54) is 16.2 Å². The molecule has 2 heterocycles. The van der Waals surface area contributed by atoms with Crippen LogP contribution in [0.1, 0.15) is 0 Å². The van der Waals surface area contributed by atoms with Crippen LogP contribution in [0, 0.1) is 0 Å². The Hall–Kier alpha value is -2.29. The first kappa shape index (κ1) is 9.72. The molecule has 0 N–H and O–H groups in total. The fraction of sp³-hybridized carbons (Fsp3) is 0. The second-order valence-corrected chi connectivity index (χ2v) is 4.59. The Morgan fingerprint density at radius 3 is 2.89 bits per heavy atom. The van der Waals surface area contributed by atoms with Crippen molar-refractivity contribution in [2.24, 2.45) is 0 Å². The van der Waals surface area contributed by atoms with Crippen molar-refractivity contribution in [1.82, 2.24) is 4.98 Å². The lowest BCUT2D eigenvalue weighted by Gasteiger charge is -2.01. The van der Waals surface area contributed by atoms with E-state index < -0.39 is 0 Å². The van der Waals surface area contributed by atoms with E-state index in [0.717, 1.165) is 22.0 Å². The number of hydrogen-bond acceptors (Lipinski definition) is 2. The number of hydrogen-bond donors (Lipinski definition) is 0. The molecule has 0 bridgehead atoms. The van der Waals surface area contributed by atoms with Crippen LogP contribution >= 0.6 is 0 Å².